The molecule has 11 heavy (non-hydrogen) atoms. The van der Waals surface area contributed by atoms with E-state index >= 15 is 0 Å². The zero-order valence-corrected chi connectivity index (χ0v) is 6.83. The van der Waals surface area contributed by atoms with E-state index in [4.69, 9.17) is 10.2 Å². The summed E-state index contributed by atoms with van der Waals surface area (Å²) >= 11 is 0. The third-order valence-electron chi connectivity index (χ3n) is 0.673. The normalized spacial score (nSPS) is 7.64. The van der Waals surface area contributed by atoms with Crippen LogP contribution in [0.15, 0.2) is 12.2 Å². The Morgan fingerprint density at radius 3 is 2.27 bits per heavy atom. The molecule has 4 nitrogen and oxygen atoms in total. The lowest BCUT2D eigenvalue weighted by atomic mass is 10.4. The quantitative estimate of drug-likeness (QED) is 0.442. The highest BCUT2D eigenvalue weighted by molar-refractivity contribution is 5.86. The van der Waals surface area contributed by atoms with Gasteiger partial charge in [-0.25, -0.2) is 4.79 Å². The second-order valence-electron chi connectivity index (χ2n) is 1.64. The van der Waals surface area contributed by atoms with Gasteiger partial charge in [-0.3, -0.25) is 0 Å². The summed E-state index contributed by atoms with van der Waals surface area (Å²) in [4.78, 5) is 10.5. The number of hydrogen-bond donors (Lipinski definition) is 2. The van der Waals surface area contributed by atoms with Crippen LogP contribution in [0.4, 0.5) is 0 Å². The Labute approximate surface area is 66.1 Å². The van der Waals surface area contributed by atoms with Crippen LogP contribution in [0.2, 0.25) is 0 Å². The van der Waals surface area contributed by atoms with Crippen molar-refractivity contribution in [2.24, 2.45) is 0 Å². The third kappa shape index (κ3) is 9.13. The fourth-order valence-corrected chi connectivity index (χ4v) is 0.262. The van der Waals surface area contributed by atoms with Gasteiger partial charge in [0.25, 0.3) is 0 Å². The SMILES string of the molecule is C=C(C)C(=O)OCCO.CO. The first kappa shape index (κ1) is 12.8. The standard InChI is InChI=1S/C6H10O3.CH4O/c1-5(2)6(8)9-4-3-7;1-2/h7H,1,3-4H2,2H3;2H,1H3. The summed E-state index contributed by atoms with van der Waals surface area (Å²) in [5, 5.41) is 15.2. The van der Waals surface area contributed by atoms with E-state index in [0.29, 0.717) is 5.57 Å². The van der Waals surface area contributed by atoms with Crippen LogP contribution in [0.3, 0.4) is 0 Å². The second-order valence-corrected chi connectivity index (χ2v) is 1.64. The molecule has 0 unspecified atom stereocenters. The molecule has 0 radical (unpaired) electrons. The van der Waals surface area contributed by atoms with Crippen LogP contribution < -0.4 is 0 Å². The zero-order valence-electron chi connectivity index (χ0n) is 6.83. The maximum absolute atomic E-state index is 10.5. The van der Waals surface area contributed by atoms with Gasteiger partial charge in [-0.2, -0.15) is 0 Å². The van der Waals surface area contributed by atoms with E-state index in [9.17, 15) is 4.79 Å². The van der Waals surface area contributed by atoms with E-state index in [1.54, 1.807) is 6.92 Å². The molecule has 0 rings (SSSR count). The van der Waals surface area contributed by atoms with Gasteiger partial charge in [-0.15, -0.1) is 0 Å². The molecule has 0 aromatic rings. The van der Waals surface area contributed by atoms with Crippen molar-refractivity contribution in [3.05, 3.63) is 12.2 Å². The Balaban J connectivity index is 0. The van der Waals surface area contributed by atoms with E-state index in [0.717, 1.165) is 7.11 Å². The van der Waals surface area contributed by atoms with Crippen molar-refractivity contribution in [3.8, 4) is 0 Å². The predicted molar refractivity (Wildman–Crippen MR) is 41.0 cm³/mol. The average Bonchev–Trinajstić information content (AvgIpc) is 2.03. The lowest BCUT2D eigenvalue weighted by Gasteiger charge is -1.99. The molecular weight excluding hydrogens is 148 g/mol. The molecule has 0 bridgehead atoms. The highest BCUT2D eigenvalue weighted by Crippen LogP contribution is 1.89. The van der Waals surface area contributed by atoms with Crippen molar-refractivity contribution >= 4 is 5.97 Å². The Hall–Kier alpha value is -0.870. The molecule has 0 aliphatic heterocycles. The van der Waals surface area contributed by atoms with Crippen molar-refractivity contribution in [2.75, 3.05) is 20.3 Å². The molecule has 0 aromatic carbocycles. The van der Waals surface area contributed by atoms with E-state index in [-0.39, 0.29) is 13.2 Å². The molecule has 0 aliphatic rings. The first-order valence-corrected chi connectivity index (χ1v) is 3.06. The molecule has 66 valence electrons. The van der Waals surface area contributed by atoms with Gasteiger partial charge in [0.05, 0.1) is 6.61 Å². The summed E-state index contributed by atoms with van der Waals surface area (Å²) in [6.07, 6.45) is 0. The number of carbonyl (C=O) groups is 1. The summed E-state index contributed by atoms with van der Waals surface area (Å²) < 4.78 is 4.46. The molecule has 0 amide bonds. The smallest absolute Gasteiger partial charge is 0.333 e. The zero-order chi connectivity index (χ0) is 9.28. The first-order chi connectivity index (χ1) is 5.18. The Morgan fingerprint density at radius 1 is 1.55 bits per heavy atom. The van der Waals surface area contributed by atoms with Gasteiger partial charge >= 0.3 is 5.97 Å². The number of esters is 1. The summed E-state index contributed by atoms with van der Waals surface area (Å²) in [6, 6.07) is 0. The maximum Gasteiger partial charge on any atom is 0.333 e. The topological polar surface area (TPSA) is 66.8 Å². The second kappa shape index (κ2) is 9.13. The van der Waals surface area contributed by atoms with Gasteiger partial charge in [0.2, 0.25) is 0 Å². The Bertz CT molecular complexity index is 120. The van der Waals surface area contributed by atoms with Gasteiger partial charge in [0.15, 0.2) is 0 Å². The molecule has 4 heteroatoms. The summed E-state index contributed by atoms with van der Waals surface area (Å²) in [6.45, 7) is 4.81. The minimum Gasteiger partial charge on any atom is -0.460 e. The van der Waals surface area contributed by atoms with Crippen LogP contribution in [0.25, 0.3) is 0 Å². The average molecular weight is 162 g/mol. The molecule has 0 fully saturated rings. The highest BCUT2D eigenvalue weighted by atomic mass is 16.5. The minimum absolute atomic E-state index is 0.0473. The number of rotatable bonds is 3. The van der Waals surface area contributed by atoms with Crippen molar-refractivity contribution in [2.45, 2.75) is 6.92 Å². The maximum atomic E-state index is 10.5. The monoisotopic (exact) mass is 162 g/mol. The lowest BCUT2D eigenvalue weighted by molar-refractivity contribution is -0.139. The molecular formula is C7H14O4. The summed E-state index contributed by atoms with van der Waals surface area (Å²) in [5.74, 6) is -0.455. The van der Waals surface area contributed by atoms with E-state index in [2.05, 4.69) is 11.3 Å². The number of aliphatic hydroxyl groups is 2. The fourth-order valence-electron chi connectivity index (χ4n) is 0.262. The van der Waals surface area contributed by atoms with Crippen molar-refractivity contribution in [1.82, 2.24) is 0 Å². The van der Waals surface area contributed by atoms with Gasteiger partial charge in [-0.1, -0.05) is 6.58 Å². The van der Waals surface area contributed by atoms with E-state index < -0.39 is 5.97 Å². The molecule has 0 spiro atoms. The van der Waals surface area contributed by atoms with Crippen LogP contribution in [-0.4, -0.2) is 36.5 Å². The molecule has 0 aromatic heterocycles. The Kier molecular flexibility index (Phi) is 10.6. The number of carbonyl (C=O) groups excluding carboxylic acids is 1. The van der Waals surface area contributed by atoms with E-state index in [1.165, 1.54) is 0 Å². The van der Waals surface area contributed by atoms with Crippen molar-refractivity contribution < 1.29 is 19.7 Å². The molecule has 0 atom stereocenters. The summed E-state index contributed by atoms with van der Waals surface area (Å²) in [7, 11) is 1.00. The van der Waals surface area contributed by atoms with Gasteiger partial charge < -0.3 is 14.9 Å². The fraction of sp³-hybridized carbons (Fsp3) is 0.571. The van der Waals surface area contributed by atoms with Crippen LogP contribution >= 0.6 is 0 Å². The van der Waals surface area contributed by atoms with E-state index in [1.807, 2.05) is 0 Å². The number of aliphatic hydroxyl groups excluding tert-OH is 2. The van der Waals surface area contributed by atoms with Gasteiger partial charge in [-0.05, 0) is 6.92 Å². The van der Waals surface area contributed by atoms with Gasteiger partial charge in [0.1, 0.15) is 6.61 Å². The number of ether oxygens (including phenoxy) is 1. The van der Waals surface area contributed by atoms with Crippen molar-refractivity contribution in [1.29, 1.82) is 0 Å². The van der Waals surface area contributed by atoms with Crippen LogP contribution in [-0.2, 0) is 9.53 Å². The summed E-state index contributed by atoms with van der Waals surface area (Å²) in [5.41, 5.74) is 0.350. The van der Waals surface area contributed by atoms with Crippen LogP contribution in [0, 0.1) is 0 Å². The molecule has 0 saturated heterocycles. The number of hydrogen-bond acceptors (Lipinski definition) is 4. The lowest BCUT2D eigenvalue weighted by Crippen LogP contribution is -2.08. The largest absolute Gasteiger partial charge is 0.460 e. The molecule has 0 aliphatic carbocycles. The molecule has 2 N–H and O–H groups in total. The van der Waals surface area contributed by atoms with Crippen LogP contribution in [0.5, 0.6) is 0 Å². The van der Waals surface area contributed by atoms with Crippen molar-refractivity contribution in [3.63, 3.8) is 0 Å². The first-order valence-electron chi connectivity index (χ1n) is 3.06. The Morgan fingerprint density at radius 2 is 2.00 bits per heavy atom. The highest BCUT2D eigenvalue weighted by Gasteiger charge is 1.99. The van der Waals surface area contributed by atoms with Gasteiger partial charge in [0, 0.05) is 12.7 Å². The predicted octanol–water partition coefficient (Wildman–Crippen LogP) is -0.293. The molecule has 0 saturated carbocycles. The van der Waals surface area contributed by atoms with Crippen LogP contribution in [0.1, 0.15) is 6.92 Å². The molecule has 0 heterocycles. The minimum atomic E-state index is -0.455. The third-order valence-corrected chi connectivity index (χ3v) is 0.673.